The van der Waals surface area contributed by atoms with E-state index in [0.29, 0.717) is 6.10 Å². The fraction of sp³-hybridized carbons (Fsp3) is 0.688. The minimum atomic E-state index is -0.318. The van der Waals surface area contributed by atoms with E-state index in [1.165, 1.54) is 13.2 Å². The van der Waals surface area contributed by atoms with E-state index in [1.54, 1.807) is 0 Å². The van der Waals surface area contributed by atoms with Crippen LogP contribution in [0.2, 0.25) is 0 Å². The summed E-state index contributed by atoms with van der Waals surface area (Å²) < 4.78 is 10.1. The molecule has 1 fully saturated rings. The SMILES string of the molecule is COC(=O)/C=C(\C)CC/C=C(\CO)CCC1OC1(C)C. The molecule has 0 aromatic carbocycles. The zero-order chi connectivity index (χ0) is 15.2. The molecular formula is C16H26O4. The molecule has 1 heterocycles. The van der Waals surface area contributed by atoms with Crippen LogP contribution in [0.15, 0.2) is 23.3 Å². The van der Waals surface area contributed by atoms with E-state index in [9.17, 15) is 9.90 Å². The Kier molecular flexibility index (Phi) is 6.43. The molecule has 114 valence electrons. The minimum absolute atomic E-state index is 0.0143. The first-order valence-corrected chi connectivity index (χ1v) is 7.10. The van der Waals surface area contributed by atoms with Gasteiger partial charge in [0.15, 0.2) is 0 Å². The van der Waals surface area contributed by atoms with Crippen LogP contribution in [-0.4, -0.2) is 36.5 Å². The number of hydrogen-bond acceptors (Lipinski definition) is 4. The van der Waals surface area contributed by atoms with Crippen LogP contribution < -0.4 is 0 Å². The number of hydrogen-bond donors (Lipinski definition) is 1. The van der Waals surface area contributed by atoms with Gasteiger partial charge in [0.05, 0.1) is 25.4 Å². The van der Waals surface area contributed by atoms with Crippen molar-refractivity contribution in [2.75, 3.05) is 13.7 Å². The Hall–Kier alpha value is -1.13. The van der Waals surface area contributed by atoms with Crippen molar-refractivity contribution in [1.82, 2.24) is 0 Å². The van der Waals surface area contributed by atoms with Crippen LogP contribution in [0.1, 0.15) is 46.5 Å². The first-order valence-electron chi connectivity index (χ1n) is 7.10. The van der Waals surface area contributed by atoms with E-state index >= 15 is 0 Å². The van der Waals surface area contributed by atoms with Crippen LogP contribution in [0.3, 0.4) is 0 Å². The van der Waals surface area contributed by atoms with E-state index in [2.05, 4.69) is 24.7 Å². The Morgan fingerprint density at radius 1 is 1.40 bits per heavy atom. The van der Waals surface area contributed by atoms with Crippen molar-refractivity contribution in [2.45, 2.75) is 58.2 Å². The fourth-order valence-electron chi connectivity index (χ4n) is 2.14. The lowest BCUT2D eigenvalue weighted by Crippen LogP contribution is -2.04. The molecule has 1 N–H and O–H groups in total. The normalized spacial score (nSPS) is 21.8. The summed E-state index contributed by atoms with van der Waals surface area (Å²) in [6, 6.07) is 0. The quantitative estimate of drug-likeness (QED) is 0.322. The lowest BCUT2D eigenvalue weighted by atomic mass is 10.0. The Morgan fingerprint density at radius 2 is 2.05 bits per heavy atom. The second-order valence-corrected chi connectivity index (χ2v) is 5.82. The zero-order valence-corrected chi connectivity index (χ0v) is 12.9. The Labute approximate surface area is 121 Å². The molecule has 0 spiro atoms. The first kappa shape index (κ1) is 16.9. The van der Waals surface area contributed by atoms with Gasteiger partial charge in [-0.15, -0.1) is 0 Å². The Morgan fingerprint density at radius 3 is 2.55 bits per heavy atom. The van der Waals surface area contributed by atoms with Crippen molar-refractivity contribution in [1.29, 1.82) is 0 Å². The molecule has 1 aliphatic rings. The second-order valence-electron chi connectivity index (χ2n) is 5.82. The van der Waals surface area contributed by atoms with Gasteiger partial charge >= 0.3 is 5.97 Å². The third-order valence-electron chi connectivity index (χ3n) is 3.63. The number of aliphatic hydroxyl groups is 1. The molecule has 1 saturated heterocycles. The highest BCUT2D eigenvalue weighted by molar-refractivity contribution is 5.82. The molecule has 0 aromatic heterocycles. The van der Waals surface area contributed by atoms with Crippen LogP contribution in [0.4, 0.5) is 0 Å². The van der Waals surface area contributed by atoms with Crippen LogP contribution in [0, 0.1) is 0 Å². The molecule has 0 saturated carbocycles. The predicted octanol–water partition coefficient (Wildman–Crippen LogP) is 2.76. The average molecular weight is 282 g/mol. The molecule has 0 aromatic rings. The van der Waals surface area contributed by atoms with Crippen molar-refractivity contribution >= 4 is 5.97 Å². The summed E-state index contributed by atoms with van der Waals surface area (Å²) in [5.41, 5.74) is 2.04. The molecule has 1 unspecified atom stereocenters. The van der Waals surface area contributed by atoms with Gasteiger partial charge in [0.25, 0.3) is 0 Å². The molecule has 4 nitrogen and oxygen atoms in total. The van der Waals surface area contributed by atoms with Gasteiger partial charge in [-0.3, -0.25) is 0 Å². The molecule has 0 radical (unpaired) electrons. The molecule has 20 heavy (non-hydrogen) atoms. The highest BCUT2D eigenvalue weighted by atomic mass is 16.6. The average Bonchev–Trinajstić information content (AvgIpc) is 3.01. The number of methoxy groups -OCH3 is 1. The number of rotatable bonds is 8. The smallest absolute Gasteiger partial charge is 0.330 e. The summed E-state index contributed by atoms with van der Waals surface area (Å²) in [4.78, 5) is 11.1. The highest BCUT2D eigenvalue weighted by Crippen LogP contribution is 2.38. The summed E-state index contributed by atoms with van der Waals surface area (Å²) in [6.45, 7) is 6.17. The molecule has 0 amide bonds. The number of carbonyl (C=O) groups excluding carboxylic acids is 1. The third-order valence-corrected chi connectivity index (χ3v) is 3.63. The number of ether oxygens (including phenoxy) is 2. The van der Waals surface area contributed by atoms with Gasteiger partial charge in [-0.2, -0.15) is 0 Å². The summed E-state index contributed by atoms with van der Waals surface area (Å²) in [6.07, 6.45) is 7.32. The number of aliphatic hydroxyl groups excluding tert-OH is 1. The fourth-order valence-corrected chi connectivity index (χ4v) is 2.14. The van der Waals surface area contributed by atoms with Crippen molar-refractivity contribution < 1.29 is 19.4 Å². The maximum absolute atomic E-state index is 11.1. The maximum Gasteiger partial charge on any atom is 0.330 e. The Balaban J connectivity index is 2.31. The van der Waals surface area contributed by atoms with Crippen molar-refractivity contribution in [2.24, 2.45) is 0 Å². The number of epoxide rings is 1. The second kappa shape index (κ2) is 7.60. The van der Waals surface area contributed by atoms with E-state index in [-0.39, 0.29) is 18.2 Å². The van der Waals surface area contributed by atoms with E-state index in [4.69, 9.17) is 4.74 Å². The summed E-state index contributed by atoms with van der Waals surface area (Å²) in [5.74, 6) is -0.318. The minimum Gasteiger partial charge on any atom is -0.466 e. The standard InChI is InChI=1S/C16H26O4/c1-12(10-15(18)19-4)6-5-7-13(11-17)8-9-14-16(2,3)20-14/h7,10,14,17H,5-6,8-9,11H2,1-4H3/b12-10+,13-7-. The van der Waals surface area contributed by atoms with Gasteiger partial charge in [-0.05, 0) is 52.0 Å². The lowest BCUT2D eigenvalue weighted by Gasteiger charge is -2.04. The van der Waals surface area contributed by atoms with E-state index < -0.39 is 0 Å². The molecule has 0 bridgehead atoms. The van der Waals surface area contributed by atoms with Crippen molar-refractivity contribution in [3.05, 3.63) is 23.3 Å². The number of carbonyl (C=O) groups is 1. The molecule has 1 aliphatic heterocycles. The van der Waals surface area contributed by atoms with Crippen molar-refractivity contribution in [3.8, 4) is 0 Å². The third kappa shape index (κ3) is 5.88. The largest absolute Gasteiger partial charge is 0.466 e. The summed E-state index contributed by atoms with van der Waals surface area (Å²) in [7, 11) is 1.37. The maximum atomic E-state index is 11.1. The van der Waals surface area contributed by atoms with Crippen LogP contribution >= 0.6 is 0 Å². The predicted molar refractivity (Wildman–Crippen MR) is 78.4 cm³/mol. The van der Waals surface area contributed by atoms with Gasteiger partial charge in [0, 0.05) is 6.08 Å². The number of allylic oxidation sites excluding steroid dienone is 2. The lowest BCUT2D eigenvalue weighted by molar-refractivity contribution is -0.134. The van der Waals surface area contributed by atoms with Crippen LogP contribution in [0.5, 0.6) is 0 Å². The van der Waals surface area contributed by atoms with Gasteiger partial charge in [-0.1, -0.05) is 11.6 Å². The Bertz CT molecular complexity index is 393. The molecule has 0 aliphatic carbocycles. The van der Waals surface area contributed by atoms with Gasteiger partial charge in [0.1, 0.15) is 0 Å². The monoisotopic (exact) mass is 282 g/mol. The zero-order valence-electron chi connectivity index (χ0n) is 12.9. The van der Waals surface area contributed by atoms with E-state index in [1.807, 2.05) is 6.92 Å². The molecule has 1 rings (SSSR count). The van der Waals surface area contributed by atoms with E-state index in [0.717, 1.165) is 36.8 Å². The summed E-state index contributed by atoms with van der Waals surface area (Å²) in [5, 5.41) is 9.34. The highest BCUT2D eigenvalue weighted by Gasteiger charge is 2.46. The molecular weight excluding hydrogens is 256 g/mol. The van der Waals surface area contributed by atoms with Gasteiger partial charge in [-0.25, -0.2) is 4.79 Å². The van der Waals surface area contributed by atoms with Crippen LogP contribution in [-0.2, 0) is 14.3 Å². The molecule has 1 atom stereocenters. The topological polar surface area (TPSA) is 59.1 Å². The first-order chi connectivity index (χ1) is 9.39. The number of esters is 1. The van der Waals surface area contributed by atoms with Gasteiger partial charge < -0.3 is 14.6 Å². The van der Waals surface area contributed by atoms with Gasteiger partial charge in [0.2, 0.25) is 0 Å². The molecule has 4 heteroatoms. The van der Waals surface area contributed by atoms with Crippen molar-refractivity contribution in [3.63, 3.8) is 0 Å². The van der Waals surface area contributed by atoms with Crippen LogP contribution in [0.25, 0.3) is 0 Å². The summed E-state index contributed by atoms with van der Waals surface area (Å²) >= 11 is 0.